The molecular weight excluding hydrogens is 268 g/mol. The van der Waals surface area contributed by atoms with E-state index in [-0.39, 0.29) is 17.7 Å². The molecule has 0 aromatic carbocycles. The lowest BCUT2D eigenvalue weighted by atomic mass is 9.97. The molecule has 2 saturated heterocycles. The number of carbonyl (C=O) groups is 2. The van der Waals surface area contributed by atoms with E-state index < -0.39 is 0 Å². The fourth-order valence-corrected chi connectivity index (χ4v) is 3.09. The van der Waals surface area contributed by atoms with Gasteiger partial charge in [0.2, 0.25) is 5.91 Å². The van der Waals surface area contributed by atoms with Crippen LogP contribution >= 0.6 is 0 Å². The maximum atomic E-state index is 12.4. The van der Waals surface area contributed by atoms with Crippen molar-refractivity contribution in [2.45, 2.75) is 32.6 Å². The van der Waals surface area contributed by atoms with Gasteiger partial charge in [-0.25, -0.2) is 0 Å². The van der Waals surface area contributed by atoms with Gasteiger partial charge in [-0.2, -0.15) is 5.10 Å². The van der Waals surface area contributed by atoms with Crippen molar-refractivity contribution in [3.05, 3.63) is 17.5 Å². The number of amides is 2. The van der Waals surface area contributed by atoms with E-state index >= 15 is 0 Å². The minimum absolute atomic E-state index is 0.0146. The summed E-state index contributed by atoms with van der Waals surface area (Å²) in [5.41, 5.74) is 1.39. The van der Waals surface area contributed by atoms with Crippen LogP contribution in [0.3, 0.4) is 0 Å². The second-order valence-electron chi connectivity index (χ2n) is 6.06. The number of nitrogens with zero attached hydrogens (tertiary/aromatic N) is 3. The molecule has 2 fully saturated rings. The van der Waals surface area contributed by atoms with Crippen molar-refractivity contribution in [1.82, 2.24) is 20.0 Å². The van der Waals surface area contributed by atoms with Crippen LogP contribution in [-0.4, -0.2) is 58.0 Å². The van der Waals surface area contributed by atoms with E-state index in [2.05, 4.69) is 10.2 Å². The van der Waals surface area contributed by atoms with Crippen LogP contribution < -0.4 is 0 Å². The molecule has 2 aliphatic rings. The first kappa shape index (κ1) is 14.1. The van der Waals surface area contributed by atoms with Crippen molar-refractivity contribution in [2.24, 2.45) is 5.92 Å². The van der Waals surface area contributed by atoms with Crippen LogP contribution in [0.15, 0.2) is 6.20 Å². The Labute approximate surface area is 124 Å². The standard InChI is InChI=1S/C15H22N4O2/c1-11-13(8-16-17-11)15(21)19-9-12(10-19)14(20)18-6-4-2-3-5-7-18/h8,12H,2-7,9-10H2,1H3,(H,16,17). The van der Waals surface area contributed by atoms with Crippen LogP contribution in [0.1, 0.15) is 41.7 Å². The van der Waals surface area contributed by atoms with Gasteiger partial charge < -0.3 is 9.80 Å². The number of hydrogen-bond acceptors (Lipinski definition) is 3. The average Bonchev–Trinajstić information content (AvgIpc) is 2.69. The molecule has 1 N–H and O–H groups in total. The number of nitrogens with one attached hydrogen (secondary N) is 1. The minimum Gasteiger partial charge on any atom is -0.342 e. The van der Waals surface area contributed by atoms with Gasteiger partial charge in [-0.3, -0.25) is 14.7 Å². The number of aromatic amines is 1. The molecule has 21 heavy (non-hydrogen) atoms. The number of hydrogen-bond donors (Lipinski definition) is 1. The van der Waals surface area contributed by atoms with Gasteiger partial charge in [0.15, 0.2) is 0 Å². The highest BCUT2D eigenvalue weighted by Crippen LogP contribution is 2.23. The topological polar surface area (TPSA) is 69.3 Å². The molecule has 2 amide bonds. The largest absolute Gasteiger partial charge is 0.342 e. The first-order valence-electron chi connectivity index (χ1n) is 7.75. The fourth-order valence-electron chi connectivity index (χ4n) is 3.09. The van der Waals surface area contributed by atoms with E-state index in [1.165, 1.54) is 12.8 Å². The van der Waals surface area contributed by atoms with Crippen LogP contribution in [0.5, 0.6) is 0 Å². The third kappa shape index (κ3) is 2.80. The van der Waals surface area contributed by atoms with Gasteiger partial charge in [-0.05, 0) is 19.8 Å². The molecule has 1 aromatic rings. The van der Waals surface area contributed by atoms with Gasteiger partial charge >= 0.3 is 0 Å². The summed E-state index contributed by atoms with van der Waals surface area (Å²) < 4.78 is 0. The Kier molecular flexibility index (Phi) is 3.94. The van der Waals surface area contributed by atoms with Gasteiger partial charge in [0, 0.05) is 31.9 Å². The Morgan fingerprint density at radius 2 is 1.81 bits per heavy atom. The van der Waals surface area contributed by atoms with Crippen molar-refractivity contribution in [1.29, 1.82) is 0 Å². The van der Waals surface area contributed by atoms with Gasteiger partial charge in [-0.1, -0.05) is 12.8 Å². The molecule has 6 nitrogen and oxygen atoms in total. The molecule has 3 heterocycles. The van der Waals surface area contributed by atoms with Crippen molar-refractivity contribution in [3.63, 3.8) is 0 Å². The number of aromatic nitrogens is 2. The molecule has 114 valence electrons. The van der Waals surface area contributed by atoms with E-state index in [4.69, 9.17) is 0 Å². The molecule has 6 heteroatoms. The molecule has 0 aliphatic carbocycles. The molecule has 0 unspecified atom stereocenters. The number of rotatable bonds is 2. The highest BCUT2D eigenvalue weighted by atomic mass is 16.2. The molecule has 2 aliphatic heterocycles. The lowest BCUT2D eigenvalue weighted by Crippen LogP contribution is -2.56. The molecular formula is C15H22N4O2. The van der Waals surface area contributed by atoms with Crippen molar-refractivity contribution >= 4 is 11.8 Å². The van der Waals surface area contributed by atoms with E-state index in [9.17, 15) is 9.59 Å². The van der Waals surface area contributed by atoms with E-state index in [0.29, 0.717) is 18.7 Å². The summed E-state index contributed by atoms with van der Waals surface area (Å²) in [6, 6.07) is 0. The Balaban J connectivity index is 1.54. The number of H-pyrrole nitrogens is 1. The van der Waals surface area contributed by atoms with Crippen LogP contribution in [0.25, 0.3) is 0 Å². The summed E-state index contributed by atoms with van der Waals surface area (Å²) in [5, 5.41) is 6.65. The first-order valence-corrected chi connectivity index (χ1v) is 7.75. The zero-order valence-corrected chi connectivity index (χ0v) is 12.5. The number of likely N-dealkylation sites (tertiary alicyclic amines) is 2. The van der Waals surface area contributed by atoms with Gasteiger partial charge in [0.05, 0.1) is 17.7 Å². The predicted octanol–water partition coefficient (Wildman–Crippen LogP) is 1.19. The molecule has 1 aromatic heterocycles. The van der Waals surface area contributed by atoms with E-state index in [1.54, 1.807) is 11.1 Å². The summed E-state index contributed by atoms with van der Waals surface area (Å²) in [6.07, 6.45) is 6.21. The minimum atomic E-state index is -0.0267. The van der Waals surface area contributed by atoms with E-state index in [0.717, 1.165) is 31.6 Å². The highest BCUT2D eigenvalue weighted by Gasteiger charge is 2.38. The fraction of sp³-hybridized carbons (Fsp3) is 0.667. The Bertz CT molecular complexity index is 526. The third-order valence-electron chi connectivity index (χ3n) is 4.50. The summed E-state index contributed by atoms with van der Waals surface area (Å²) in [6.45, 7) is 4.67. The molecule has 0 spiro atoms. The van der Waals surface area contributed by atoms with Gasteiger partial charge in [0.25, 0.3) is 5.91 Å². The zero-order valence-electron chi connectivity index (χ0n) is 12.5. The average molecular weight is 290 g/mol. The third-order valence-corrected chi connectivity index (χ3v) is 4.50. The van der Waals surface area contributed by atoms with Crippen molar-refractivity contribution in [3.8, 4) is 0 Å². The Morgan fingerprint density at radius 3 is 2.38 bits per heavy atom. The van der Waals surface area contributed by atoms with E-state index in [1.807, 2.05) is 11.8 Å². The molecule has 0 saturated carbocycles. The highest BCUT2D eigenvalue weighted by molar-refractivity contribution is 5.96. The van der Waals surface area contributed by atoms with Gasteiger partial charge in [0.1, 0.15) is 0 Å². The van der Waals surface area contributed by atoms with Crippen LogP contribution in [-0.2, 0) is 4.79 Å². The summed E-state index contributed by atoms with van der Waals surface area (Å²) >= 11 is 0. The summed E-state index contributed by atoms with van der Waals surface area (Å²) in [7, 11) is 0. The SMILES string of the molecule is Cc1[nH]ncc1C(=O)N1CC(C(=O)N2CCCCCC2)C1. The maximum Gasteiger partial charge on any atom is 0.257 e. The lowest BCUT2D eigenvalue weighted by Gasteiger charge is -2.40. The van der Waals surface area contributed by atoms with Crippen LogP contribution in [0.2, 0.25) is 0 Å². The second-order valence-corrected chi connectivity index (χ2v) is 6.06. The lowest BCUT2D eigenvalue weighted by molar-refractivity contribution is -0.139. The normalized spacial score (nSPS) is 20.0. The van der Waals surface area contributed by atoms with Crippen LogP contribution in [0, 0.1) is 12.8 Å². The quantitative estimate of drug-likeness (QED) is 0.889. The number of aryl methyl sites for hydroxylation is 1. The Morgan fingerprint density at radius 1 is 1.14 bits per heavy atom. The maximum absolute atomic E-state index is 12.4. The molecule has 0 bridgehead atoms. The zero-order chi connectivity index (χ0) is 14.8. The predicted molar refractivity (Wildman–Crippen MR) is 77.8 cm³/mol. The van der Waals surface area contributed by atoms with Crippen molar-refractivity contribution in [2.75, 3.05) is 26.2 Å². The molecule has 3 rings (SSSR count). The number of carbonyl (C=O) groups excluding carboxylic acids is 2. The summed E-state index contributed by atoms with van der Waals surface area (Å²) in [5.74, 6) is 0.185. The van der Waals surface area contributed by atoms with Crippen molar-refractivity contribution < 1.29 is 9.59 Å². The summed E-state index contributed by atoms with van der Waals surface area (Å²) in [4.78, 5) is 28.4. The second kappa shape index (κ2) is 5.87. The monoisotopic (exact) mass is 290 g/mol. The first-order chi connectivity index (χ1) is 10.2. The molecule has 0 atom stereocenters. The Hall–Kier alpha value is -1.85. The van der Waals surface area contributed by atoms with Gasteiger partial charge in [-0.15, -0.1) is 0 Å². The smallest absolute Gasteiger partial charge is 0.257 e. The van der Waals surface area contributed by atoms with Crippen LogP contribution in [0.4, 0.5) is 0 Å². The molecule has 0 radical (unpaired) electrons.